The molecule has 0 atom stereocenters. The van der Waals surface area contributed by atoms with Crippen LogP contribution in [-0.2, 0) is 27.7 Å². The van der Waals surface area contributed by atoms with E-state index in [0.717, 1.165) is 5.56 Å². The predicted octanol–water partition coefficient (Wildman–Crippen LogP) is 6.18. The van der Waals surface area contributed by atoms with Gasteiger partial charge in [-0.05, 0) is 84.6 Å². The number of sulfone groups is 1. The second kappa shape index (κ2) is 13.6. The molecule has 1 aromatic heterocycles. The van der Waals surface area contributed by atoms with E-state index in [4.69, 9.17) is 30.6 Å². The number of rotatable bonds is 13. The number of hydrogen-bond donors (Lipinski definition) is 2. The van der Waals surface area contributed by atoms with Crippen molar-refractivity contribution >= 4 is 50.1 Å². The Morgan fingerprint density at radius 1 is 0.909 bits per heavy atom. The predicted molar refractivity (Wildman–Crippen MR) is 164 cm³/mol. The lowest BCUT2D eigenvalue weighted by Crippen LogP contribution is -2.15. The van der Waals surface area contributed by atoms with Gasteiger partial charge in [0.25, 0.3) is 5.91 Å². The number of carbonyl (C=O) groups excluding carboxylic acids is 1. The number of benzene rings is 4. The van der Waals surface area contributed by atoms with E-state index in [1.807, 2.05) is 18.2 Å². The summed E-state index contributed by atoms with van der Waals surface area (Å²) in [5.41, 5.74) is 3.27. The molecule has 0 radical (unpaired) electrons. The summed E-state index contributed by atoms with van der Waals surface area (Å²) in [6, 6.07) is 24.9. The van der Waals surface area contributed by atoms with E-state index in [9.17, 15) is 18.0 Å². The van der Waals surface area contributed by atoms with Crippen LogP contribution in [0.2, 0.25) is 5.02 Å². The number of anilines is 1. The highest BCUT2D eigenvalue weighted by molar-refractivity contribution is 7.91. The number of carboxylic acids is 1. The molecule has 5 aromatic rings. The Bertz CT molecular complexity index is 1870. The number of aryl methyl sites for hydroxylation is 1. The summed E-state index contributed by atoms with van der Waals surface area (Å²) in [7, 11) is -3.51. The first kappa shape index (κ1) is 30.6. The minimum atomic E-state index is -3.51. The normalized spacial score (nSPS) is 11.3. The van der Waals surface area contributed by atoms with Gasteiger partial charge in [-0.1, -0.05) is 41.9 Å². The Balaban J connectivity index is 1.26. The summed E-state index contributed by atoms with van der Waals surface area (Å²) in [6.07, 6.45) is 0.812. The van der Waals surface area contributed by atoms with Crippen molar-refractivity contribution in [3.05, 3.63) is 113 Å². The molecule has 1 heterocycles. The van der Waals surface area contributed by atoms with Gasteiger partial charge in [0.05, 0.1) is 16.3 Å². The number of oxazole rings is 1. The number of ether oxygens (including phenoxy) is 2. The van der Waals surface area contributed by atoms with Gasteiger partial charge in [-0.2, -0.15) is 4.98 Å². The standard InChI is InChI=1S/C32H27ClN2O8S/c33-24-11-13-25(14-12-24)44(39,40)16-4-6-21-10-15-28(41-20-30(36)37)27(18-21)34-31(38)23-7-3-5-22(17-23)19-42-32-35-26-8-1-2-9-29(26)43-32/h1-3,5,7-15,17-18H,4,6,16,19-20H2,(H,34,38)(H,36,37). The SMILES string of the molecule is O=C(O)COc1ccc(CCCS(=O)(=O)c2ccc(Cl)cc2)cc1NC(=O)c1cccc(COc2nc3ccccc3o2)c1. The smallest absolute Gasteiger partial charge is 0.394 e. The molecule has 0 saturated heterocycles. The monoisotopic (exact) mass is 634 g/mol. The van der Waals surface area contributed by atoms with Gasteiger partial charge in [-0.25, -0.2) is 13.2 Å². The van der Waals surface area contributed by atoms with Crippen LogP contribution in [0.4, 0.5) is 5.69 Å². The van der Waals surface area contributed by atoms with Crippen molar-refractivity contribution in [2.75, 3.05) is 17.7 Å². The summed E-state index contributed by atoms with van der Waals surface area (Å²) in [4.78, 5) is 28.8. The van der Waals surface area contributed by atoms with Gasteiger partial charge < -0.3 is 24.3 Å². The van der Waals surface area contributed by atoms with E-state index in [2.05, 4.69) is 10.3 Å². The average molecular weight is 635 g/mol. The second-order valence-corrected chi connectivity index (χ2v) is 12.3. The Labute approximate surface area is 258 Å². The quantitative estimate of drug-likeness (QED) is 0.155. The molecule has 2 N–H and O–H groups in total. The van der Waals surface area contributed by atoms with Crippen LogP contribution in [-0.4, -0.2) is 42.7 Å². The largest absolute Gasteiger partial charge is 0.480 e. The zero-order valence-corrected chi connectivity index (χ0v) is 24.8. The maximum atomic E-state index is 13.2. The van der Waals surface area contributed by atoms with Gasteiger partial charge in [-0.3, -0.25) is 4.79 Å². The van der Waals surface area contributed by atoms with Gasteiger partial charge in [-0.15, -0.1) is 0 Å². The van der Waals surface area contributed by atoms with Crippen molar-refractivity contribution in [1.29, 1.82) is 0 Å². The van der Waals surface area contributed by atoms with Crippen LogP contribution in [0.1, 0.15) is 27.9 Å². The van der Waals surface area contributed by atoms with Crippen molar-refractivity contribution in [2.24, 2.45) is 0 Å². The van der Waals surface area contributed by atoms with Crippen molar-refractivity contribution < 1.29 is 37.0 Å². The first-order chi connectivity index (χ1) is 21.2. The molecule has 0 saturated carbocycles. The topological polar surface area (TPSA) is 145 Å². The lowest BCUT2D eigenvalue weighted by molar-refractivity contribution is -0.139. The maximum Gasteiger partial charge on any atom is 0.394 e. The molecule has 0 spiro atoms. The molecule has 1 amide bonds. The van der Waals surface area contributed by atoms with Crippen molar-refractivity contribution in [1.82, 2.24) is 4.98 Å². The van der Waals surface area contributed by atoms with Crippen LogP contribution in [0, 0.1) is 0 Å². The minimum Gasteiger partial charge on any atom is -0.480 e. The van der Waals surface area contributed by atoms with Crippen molar-refractivity contribution in [2.45, 2.75) is 24.3 Å². The van der Waals surface area contributed by atoms with Gasteiger partial charge in [0.15, 0.2) is 22.0 Å². The van der Waals surface area contributed by atoms with Crippen molar-refractivity contribution in [3.63, 3.8) is 0 Å². The first-order valence-electron chi connectivity index (χ1n) is 13.5. The molecule has 0 aliphatic heterocycles. The van der Waals surface area contributed by atoms with E-state index in [0.29, 0.717) is 40.1 Å². The molecule has 226 valence electrons. The Kier molecular flexibility index (Phi) is 9.47. The number of amides is 1. The summed E-state index contributed by atoms with van der Waals surface area (Å²) >= 11 is 5.87. The number of aliphatic carboxylic acids is 1. The third kappa shape index (κ3) is 7.94. The van der Waals surface area contributed by atoms with Crippen LogP contribution in [0.5, 0.6) is 11.8 Å². The maximum absolute atomic E-state index is 13.2. The fraction of sp³-hybridized carbons (Fsp3) is 0.156. The summed E-state index contributed by atoms with van der Waals surface area (Å²) in [5, 5.41) is 12.3. The number of fused-ring (bicyclic) bond motifs is 1. The molecule has 10 nitrogen and oxygen atoms in total. The summed E-state index contributed by atoms with van der Waals surface area (Å²) in [6.45, 7) is -0.500. The zero-order chi connectivity index (χ0) is 31.1. The molecule has 4 aromatic carbocycles. The third-order valence-electron chi connectivity index (χ3n) is 6.52. The number of halogens is 1. The van der Waals surface area contributed by atoms with Crippen LogP contribution in [0.15, 0.2) is 100 Å². The first-order valence-corrected chi connectivity index (χ1v) is 15.5. The molecule has 0 aliphatic carbocycles. The fourth-order valence-corrected chi connectivity index (χ4v) is 5.81. The number of nitrogens with zero attached hydrogens (tertiary/aromatic N) is 1. The van der Waals surface area contributed by atoms with Gasteiger partial charge in [0, 0.05) is 10.6 Å². The van der Waals surface area contributed by atoms with E-state index >= 15 is 0 Å². The zero-order valence-electron chi connectivity index (χ0n) is 23.2. The van der Waals surface area contributed by atoms with Gasteiger partial charge in [0.1, 0.15) is 17.9 Å². The minimum absolute atomic E-state index is 0.0913. The van der Waals surface area contributed by atoms with Gasteiger partial charge >= 0.3 is 12.0 Å². The van der Waals surface area contributed by atoms with Crippen molar-refractivity contribution in [3.8, 4) is 11.8 Å². The fourth-order valence-electron chi connectivity index (χ4n) is 4.38. The van der Waals surface area contributed by atoms with E-state index in [1.165, 1.54) is 24.3 Å². The highest BCUT2D eigenvalue weighted by atomic mass is 35.5. The van der Waals surface area contributed by atoms with E-state index in [1.54, 1.807) is 48.5 Å². The molecule has 12 heteroatoms. The number of carboxylic acid groups (broad SMARTS) is 1. The molecule has 5 rings (SSSR count). The van der Waals surface area contributed by atoms with Crippen LogP contribution in [0.3, 0.4) is 0 Å². The number of hydrogen-bond acceptors (Lipinski definition) is 8. The van der Waals surface area contributed by atoms with E-state index in [-0.39, 0.29) is 34.8 Å². The Morgan fingerprint density at radius 2 is 1.70 bits per heavy atom. The van der Waals surface area contributed by atoms with E-state index < -0.39 is 28.3 Å². The highest BCUT2D eigenvalue weighted by Crippen LogP contribution is 2.28. The molecular weight excluding hydrogens is 608 g/mol. The second-order valence-electron chi connectivity index (χ2n) is 9.78. The molecule has 0 fully saturated rings. The van der Waals surface area contributed by atoms with Crippen LogP contribution >= 0.6 is 11.6 Å². The Hall–Kier alpha value is -4.87. The molecular formula is C32H27ClN2O8S. The van der Waals surface area contributed by atoms with Crippen LogP contribution in [0.25, 0.3) is 11.1 Å². The lowest BCUT2D eigenvalue weighted by Gasteiger charge is -2.14. The van der Waals surface area contributed by atoms with Gasteiger partial charge in [0.2, 0.25) is 0 Å². The lowest BCUT2D eigenvalue weighted by atomic mass is 10.1. The third-order valence-corrected chi connectivity index (χ3v) is 8.59. The number of para-hydroxylation sites is 2. The number of nitrogens with one attached hydrogen (secondary N) is 1. The highest BCUT2D eigenvalue weighted by Gasteiger charge is 2.16. The van der Waals surface area contributed by atoms with Crippen LogP contribution < -0.4 is 14.8 Å². The molecule has 0 unspecified atom stereocenters. The number of carbonyl (C=O) groups is 2. The summed E-state index contributed by atoms with van der Waals surface area (Å²) < 4.78 is 42.1. The molecule has 0 bridgehead atoms. The average Bonchev–Trinajstić information content (AvgIpc) is 3.43. The molecule has 0 aliphatic rings. The summed E-state index contributed by atoms with van der Waals surface area (Å²) in [5.74, 6) is -1.57. The Morgan fingerprint density at radius 3 is 2.48 bits per heavy atom. The molecule has 44 heavy (non-hydrogen) atoms. The number of aromatic nitrogens is 1.